The number of nitrogens with one attached hydrogen (secondary N) is 2. The Morgan fingerprint density at radius 3 is 2.59 bits per heavy atom. The Hall–Kier alpha value is -3.29. The molecule has 4 aromatic rings. The summed E-state index contributed by atoms with van der Waals surface area (Å²) >= 11 is 12.1. The number of pyridine rings is 1. The molecule has 2 N–H and O–H groups in total. The van der Waals surface area contributed by atoms with E-state index in [4.69, 9.17) is 27.9 Å². The van der Waals surface area contributed by atoms with Gasteiger partial charge in [-0.3, -0.25) is 9.36 Å². The molecular weight excluding hydrogens is 451 g/mol. The predicted molar refractivity (Wildman–Crippen MR) is 123 cm³/mol. The van der Waals surface area contributed by atoms with Gasteiger partial charge in [0.2, 0.25) is 5.88 Å². The second-order valence-electron chi connectivity index (χ2n) is 7.66. The lowest BCUT2D eigenvalue weighted by atomic mass is 10.2. The summed E-state index contributed by atoms with van der Waals surface area (Å²) in [5.74, 6) is 0.778. The number of carbonyl (C=O) groups excluding carboxylic acids is 1. The fourth-order valence-electron chi connectivity index (χ4n) is 3.33. The quantitative estimate of drug-likeness (QED) is 0.426. The van der Waals surface area contributed by atoms with Gasteiger partial charge in [-0.25, -0.2) is 4.79 Å². The van der Waals surface area contributed by atoms with E-state index in [-0.39, 0.29) is 18.1 Å². The molecule has 2 heterocycles. The Bertz CT molecular complexity index is 1370. The molecule has 5 rings (SSSR count). The third kappa shape index (κ3) is 4.35. The summed E-state index contributed by atoms with van der Waals surface area (Å²) in [4.78, 5) is 31.9. The van der Waals surface area contributed by atoms with Crippen LogP contribution in [0.4, 0.5) is 0 Å². The first-order valence-corrected chi connectivity index (χ1v) is 10.8. The van der Waals surface area contributed by atoms with Crippen LogP contribution in [0.1, 0.15) is 28.8 Å². The summed E-state index contributed by atoms with van der Waals surface area (Å²) in [6.07, 6.45) is 2.08. The Balaban J connectivity index is 1.38. The molecule has 1 saturated carbocycles. The van der Waals surface area contributed by atoms with Crippen LogP contribution in [0.5, 0.6) is 11.6 Å². The molecule has 0 aliphatic heterocycles. The molecule has 162 valence electrons. The van der Waals surface area contributed by atoms with E-state index >= 15 is 0 Å². The number of ether oxygens (including phenoxy) is 1. The molecule has 0 spiro atoms. The third-order valence-electron chi connectivity index (χ3n) is 5.17. The van der Waals surface area contributed by atoms with Crippen molar-refractivity contribution >= 4 is 40.3 Å². The Labute approximate surface area is 192 Å². The monoisotopic (exact) mass is 468 g/mol. The number of imidazole rings is 1. The van der Waals surface area contributed by atoms with Gasteiger partial charge in [-0.05, 0) is 60.9 Å². The van der Waals surface area contributed by atoms with E-state index in [1.54, 1.807) is 54.6 Å². The molecule has 32 heavy (non-hydrogen) atoms. The van der Waals surface area contributed by atoms with Crippen LogP contribution in [-0.2, 0) is 6.54 Å². The number of benzene rings is 2. The van der Waals surface area contributed by atoms with Gasteiger partial charge in [0.1, 0.15) is 5.75 Å². The fourth-order valence-corrected chi connectivity index (χ4v) is 3.65. The van der Waals surface area contributed by atoms with Crippen molar-refractivity contribution in [1.82, 2.24) is 19.9 Å². The van der Waals surface area contributed by atoms with Crippen molar-refractivity contribution in [3.05, 3.63) is 86.3 Å². The SMILES string of the molecule is O=C(NC1CC1)c1ccc(Oc2ccc3[nH]c(=O)n(Cc4ccc(Cl)c(Cl)c4)c3n2)cc1. The molecule has 1 fully saturated rings. The van der Waals surface area contributed by atoms with Crippen molar-refractivity contribution in [3.8, 4) is 11.6 Å². The summed E-state index contributed by atoms with van der Waals surface area (Å²) in [5.41, 5.74) is 2.15. The highest BCUT2D eigenvalue weighted by Crippen LogP contribution is 2.25. The minimum atomic E-state index is -0.290. The lowest BCUT2D eigenvalue weighted by Gasteiger charge is -2.08. The summed E-state index contributed by atoms with van der Waals surface area (Å²) in [5, 5.41) is 3.82. The number of amides is 1. The van der Waals surface area contributed by atoms with Gasteiger partial charge in [-0.2, -0.15) is 4.98 Å². The highest BCUT2D eigenvalue weighted by Gasteiger charge is 2.23. The van der Waals surface area contributed by atoms with Gasteiger partial charge < -0.3 is 15.0 Å². The molecule has 0 saturated heterocycles. The number of halogens is 2. The van der Waals surface area contributed by atoms with Crippen molar-refractivity contribution in [2.45, 2.75) is 25.4 Å². The molecule has 0 radical (unpaired) electrons. The molecule has 2 aromatic carbocycles. The number of fused-ring (bicyclic) bond motifs is 1. The lowest BCUT2D eigenvalue weighted by molar-refractivity contribution is 0.0951. The van der Waals surface area contributed by atoms with Gasteiger partial charge in [-0.1, -0.05) is 29.3 Å². The molecule has 1 amide bonds. The van der Waals surface area contributed by atoms with E-state index in [0.29, 0.717) is 44.4 Å². The van der Waals surface area contributed by atoms with Crippen LogP contribution in [-0.4, -0.2) is 26.5 Å². The van der Waals surface area contributed by atoms with E-state index in [1.165, 1.54) is 4.57 Å². The van der Waals surface area contributed by atoms with E-state index < -0.39 is 0 Å². The van der Waals surface area contributed by atoms with Crippen molar-refractivity contribution in [1.29, 1.82) is 0 Å². The maximum atomic E-state index is 12.5. The minimum Gasteiger partial charge on any atom is -0.439 e. The normalized spacial score (nSPS) is 13.3. The zero-order valence-electron chi connectivity index (χ0n) is 16.8. The second kappa shape index (κ2) is 8.33. The van der Waals surface area contributed by atoms with Crippen LogP contribution in [0.25, 0.3) is 11.2 Å². The van der Waals surface area contributed by atoms with Crippen LogP contribution < -0.4 is 15.7 Å². The number of carbonyl (C=O) groups is 1. The number of aromatic nitrogens is 3. The molecule has 0 unspecified atom stereocenters. The maximum Gasteiger partial charge on any atom is 0.327 e. The van der Waals surface area contributed by atoms with Crippen molar-refractivity contribution in [2.24, 2.45) is 0 Å². The van der Waals surface area contributed by atoms with Gasteiger partial charge in [0, 0.05) is 17.7 Å². The van der Waals surface area contributed by atoms with Gasteiger partial charge >= 0.3 is 5.69 Å². The number of rotatable bonds is 6. The molecule has 0 bridgehead atoms. The molecular formula is C23H18Cl2N4O3. The Morgan fingerprint density at radius 2 is 1.88 bits per heavy atom. The zero-order valence-corrected chi connectivity index (χ0v) is 18.3. The summed E-state index contributed by atoms with van der Waals surface area (Å²) < 4.78 is 7.36. The van der Waals surface area contributed by atoms with Crippen LogP contribution in [0.15, 0.2) is 59.4 Å². The van der Waals surface area contributed by atoms with Crippen molar-refractivity contribution < 1.29 is 9.53 Å². The van der Waals surface area contributed by atoms with E-state index in [2.05, 4.69) is 15.3 Å². The van der Waals surface area contributed by atoms with Gasteiger partial charge in [0.05, 0.1) is 22.1 Å². The summed E-state index contributed by atoms with van der Waals surface area (Å²) in [7, 11) is 0. The third-order valence-corrected chi connectivity index (χ3v) is 5.91. The number of H-pyrrole nitrogens is 1. The van der Waals surface area contributed by atoms with Crippen LogP contribution in [0.2, 0.25) is 10.0 Å². The number of hydrogen-bond acceptors (Lipinski definition) is 4. The van der Waals surface area contributed by atoms with Crippen LogP contribution in [0, 0.1) is 0 Å². The lowest BCUT2D eigenvalue weighted by Crippen LogP contribution is -2.25. The van der Waals surface area contributed by atoms with Crippen LogP contribution in [0.3, 0.4) is 0 Å². The average molecular weight is 469 g/mol. The van der Waals surface area contributed by atoms with Gasteiger partial charge in [-0.15, -0.1) is 0 Å². The largest absolute Gasteiger partial charge is 0.439 e. The molecule has 1 aliphatic rings. The Morgan fingerprint density at radius 1 is 1.09 bits per heavy atom. The first-order valence-electron chi connectivity index (χ1n) is 10.1. The molecule has 9 heteroatoms. The fraction of sp³-hybridized carbons (Fsp3) is 0.174. The first-order chi connectivity index (χ1) is 15.5. The molecule has 7 nitrogen and oxygen atoms in total. The van der Waals surface area contributed by atoms with E-state index in [1.807, 2.05) is 0 Å². The highest BCUT2D eigenvalue weighted by molar-refractivity contribution is 6.42. The highest BCUT2D eigenvalue weighted by atomic mass is 35.5. The van der Waals surface area contributed by atoms with Gasteiger partial charge in [0.15, 0.2) is 5.65 Å². The zero-order chi connectivity index (χ0) is 22.2. The minimum absolute atomic E-state index is 0.0859. The smallest absolute Gasteiger partial charge is 0.327 e. The summed E-state index contributed by atoms with van der Waals surface area (Å²) in [6, 6.07) is 15.8. The van der Waals surface area contributed by atoms with Crippen LogP contribution >= 0.6 is 23.2 Å². The van der Waals surface area contributed by atoms with E-state index in [0.717, 1.165) is 18.4 Å². The topological polar surface area (TPSA) is 89.0 Å². The number of aromatic amines is 1. The van der Waals surface area contributed by atoms with E-state index in [9.17, 15) is 9.59 Å². The van der Waals surface area contributed by atoms with Gasteiger partial charge in [0.25, 0.3) is 5.91 Å². The number of nitrogens with zero attached hydrogens (tertiary/aromatic N) is 2. The van der Waals surface area contributed by atoms with Crippen molar-refractivity contribution in [2.75, 3.05) is 0 Å². The van der Waals surface area contributed by atoms with Crippen molar-refractivity contribution in [3.63, 3.8) is 0 Å². The molecule has 0 atom stereocenters. The molecule has 2 aromatic heterocycles. The summed E-state index contributed by atoms with van der Waals surface area (Å²) in [6.45, 7) is 0.275. The standard InChI is InChI=1S/C23H18Cl2N4O3/c24-17-8-1-13(11-18(17)25)12-29-21-19(27-23(29)31)9-10-20(28-21)32-16-6-2-14(3-7-16)22(30)26-15-4-5-15/h1-3,6-11,15H,4-5,12H2,(H,26,30)(H,27,31). The maximum absolute atomic E-state index is 12.5. The second-order valence-corrected chi connectivity index (χ2v) is 8.47. The average Bonchev–Trinajstić information content (AvgIpc) is 3.54. The number of hydrogen-bond donors (Lipinski definition) is 2. The molecule has 1 aliphatic carbocycles. The first kappa shape index (κ1) is 20.6. The Kier molecular flexibility index (Phi) is 5.36. The predicted octanol–water partition coefficient (Wildman–Crippen LogP) is 4.76.